The number of H-pyrrole nitrogens is 1. The molecule has 0 saturated carbocycles. The number of guanidine groups is 2. The van der Waals surface area contributed by atoms with Crippen LogP contribution in [0.15, 0.2) is 58.6 Å². The molecule has 11 N–H and O–H groups in total. The van der Waals surface area contributed by atoms with Gasteiger partial charge in [-0.2, -0.15) is 0 Å². The van der Waals surface area contributed by atoms with Gasteiger partial charge in [0.15, 0.2) is 5.96 Å². The monoisotopic (exact) mass is 492 g/mol. The van der Waals surface area contributed by atoms with E-state index >= 15 is 0 Å². The first-order valence-corrected chi connectivity index (χ1v) is 11.0. The number of nitrogens with two attached hydrogens (primary N) is 4. The summed E-state index contributed by atoms with van der Waals surface area (Å²) >= 11 is 0. The molecule has 3 aromatic rings. The number of nitrogens with zero attached hydrogens (tertiary/aromatic N) is 3. The Bertz CT molecular complexity index is 1320. The molecule has 0 unspecified atom stereocenters. The van der Waals surface area contributed by atoms with Crippen molar-refractivity contribution in [3.63, 3.8) is 0 Å². The van der Waals surface area contributed by atoms with E-state index in [0.717, 1.165) is 5.01 Å². The van der Waals surface area contributed by atoms with E-state index in [1.807, 2.05) is 0 Å². The quantitative estimate of drug-likeness (QED) is 0.0941. The van der Waals surface area contributed by atoms with Gasteiger partial charge in [0.25, 0.3) is 17.7 Å². The first-order chi connectivity index (χ1) is 17.2. The number of anilines is 1. The Hall–Kier alpha value is -5.07. The van der Waals surface area contributed by atoms with E-state index in [4.69, 9.17) is 22.9 Å². The van der Waals surface area contributed by atoms with Crippen molar-refractivity contribution in [1.82, 2.24) is 15.3 Å². The summed E-state index contributed by atoms with van der Waals surface area (Å²) < 4.78 is 0. The maximum absolute atomic E-state index is 12.7. The number of hydrogen-bond donors (Lipinski definition) is 7. The molecule has 0 aliphatic heterocycles. The number of carbonyl (C=O) groups is 3. The molecule has 0 atom stereocenters. The summed E-state index contributed by atoms with van der Waals surface area (Å²) in [5.74, 6) is -1.32. The first-order valence-electron chi connectivity index (χ1n) is 11.0. The second kappa shape index (κ2) is 11.4. The number of hydrogen-bond acceptors (Lipinski definition) is 5. The molecule has 2 aromatic carbocycles. The maximum atomic E-state index is 12.7. The van der Waals surface area contributed by atoms with Crippen LogP contribution in [0.5, 0.6) is 0 Å². The molecule has 13 heteroatoms. The minimum absolute atomic E-state index is 0.0461. The van der Waals surface area contributed by atoms with Gasteiger partial charge in [0.1, 0.15) is 5.69 Å². The van der Waals surface area contributed by atoms with Crippen LogP contribution in [0.1, 0.15) is 38.1 Å². The third-order valence-electron chi connectivity index (χ3n) is 4.98. The molecule has 0 aliphatic carbocycles. The van der Waals surface area contributed by atoms with E-state index in [9.17, 15) is 14.4 Å². The third-order valence-corrected chi connectivity index (χ3v) is 4.98. The van der Waals surface area contributed by atoms with Gasteiger partial charge in [-0.15, -0.1) is 5.10 Å². The van der Waals surface area contributed by atoms with Crippen molar-refractivity contribution >= 4 is 46.2 Å². The van der Waals surface area contributed by atoms with Crippen molar-refractivity contribution < 1.29 is 14.4 Å². The van der Waals surface area contributed by atoms with Crippen LogP contribution in [-0.2, 0) is 0 Å². The fourth-order valence-electron chi connectivity index (χ4n) is 3.30. The lowest BCUT2D eigenvalue weighted by atomic mass is 10.1. The van der Waals surface area contributed by atoms with E-state index in [2.05, 4.69) is 25.7 Å². The SMILES string of the molecule is CCN(N=C(N)N)C(=O)c1cc2cc(NC(=O)c3ccc(C(=O)NCCN=C(N)N)cc3)ccc2[nH]1. The molecule has 188 valence electrons. The second-order valence-electron chi connectivity index (χ2n) is 7.62. The summed E-state index contributed by atoms with van der Waals surface area (Å²) in [4.78, 5) is 44.3. The van der Waals surface area contributed by atoms with E-state index in [1.165, 1.54) is 0 Å². The zero-order valence-corrected chi connectivity index (χ0v) is 19.6. The molecule has 1 aromatic heterocycles. The predicted octanol–water partition coefficient (Wildman–Crippen LogP) is 0.0739. The van der Waals surface area contributed by atoms with Gasteiger partial charge in [0.05, 0.1) is 6.54 Å². The highest BCUT2D eigenvalue weighted by molar-refractivity contribution is 6.06. The highest BCUT2D eigenvalue weighted by Crippen LogP contribution is 2.22. The molecular weight excluding hydrogens is 464 g/mol. The summed E-state index contributed by atoms with van der Waals surface area (Å²) in [6.45, 7) is 2.57. The lowest BCUT2D eigenvalue weighted by Gasteiger charge is -2.13. The Labute approximate surface area is 206 Å². The lowest BCUT2D eigenvalue weighted by molar-refractivity contribution is 0.0763. The van der Waals surface area contributed by atoms with Crippen molar-refractivity contribution in [2.45, 2.75) is 6.92 Å². The molecule has 0 radical (unpaired) electrons. The van der Waals surface area contributed by atoms with Gasteiger partial charge in [-0.05, 0) is 55.5 Å². The van der Waals surface area contributed by atoms with E-state index in [1.54, 1.807) is 55.5 Å². The number of hydrazone groups is 1. The van der Waals surface area contributed by atoms with Crippen LogP contribution in [0, 0.1) is 0 Å². The number of nitrogens with one attached hydrogen (secondary N) is 3. The number of aromatic nitrogens is 1. The molecule has 3 rings (SSSR count). The van der Waals surface area contributed by atoms with Gasteiger partial charge in [0, 0.05) is 40.8 Å². The van der Waals surface area contributed by atoms with Gasteiger partial charge >= 0.3 is 0 Å². The minimum Gasteiger partial charge on any atom is -0.370 e. The fourth-order valence-corrected chi connectivity index (χ4v) is 3.30. The molecule has 13 nitrogen and oxygen atoms in total. The van der Waals surface area contributed by atoms with Crippen molar-refractivity contribution in [2.24, 2.45) is 33.0 Å². The fraction of sp³-hybridized carbons (Fsp3) is 0.174. The summed E-state index contributed by atoms with van der Waals surface area (Å²) in [5.41, 5.74) is 23.5. The van der Waals surface area contributed by atoms with Crippen LogP contribution in [-0.4, -0.2) is 59.3 Å². The Kier molecular flexibility index (Phi) is 8.07. The van der Waals surface area contributed by atoms with E-state index in [-0.39, 0.29) is 43.4 Å². The summed E-state index contributed by atoms with van der Waals surface area (Å²) in [6.07, 6.45) is 0. The largest absolute Gasteiger partial charge is 0.370 e. The third kappa shape index (κ3) is 6.50. The summed E-state index contributed by atoms with van der Waals surface area (Å²) in [7, 11) is 0. The van der Waals surface area contributed by atoms with Crippen LogP contribution < -0.4 is 33.6 Å². The van der Waals surface area contributed by atoms with Gasteiger partial charge in [-0.25, -0.2) is 5.01 Å². The van der Waals surface area contributed by atoms with Crippen LogP contribution >= 0.6 is 0 Å². The van der Waals surface area contributed by atoms with Crippen LogP contribution in [0.4, 0.5) is 5.69 Å². The zero-order chi connectivity index (χ0) is 26.2. The number of benzene rings is 2. The number of amides is 3. The number of aliphatic imine (C=N–C) groups is 1. The molecule has 0 fully saturated rings. The molecule has 0 aliphatic rings. The molecule has 36 heavy (non-hydrogen) atoms. The van der Waals surface area contributed by atoms with Gasteiger partial charge in [0.2, 0.25) is 5.96 Å². The summed E-state index contributed by atoms with van der Waals surface area (Å²) in [5, 5.41) is 11.2. The molecular formula is C23H28N10O3. The average molecular weight is 493 g/mol. The maximum Gasteiger partial charge on any atom is 0.290 e. The Morgan fingerprint density at radius 1 is 0.917 bits per heavy atom. The zero-order valence-electron chi connectivity index (χ0n) is 19.6. The first kappa shape index (κ1) is 25.6. The van der Waals surface area contributed by atoms with E-state index < -0.39 is 5.91 Å². The van der Waals surface area contributed by atoms with Crippen molar-refractivity contribution in [3.8, 4) is 0 Å². The molecule has 0 bridgehead atoms. The van der Waals surface area contributed by atoms with Crippen LogP contribution in [0.25, 0.3) is 10.9 Å². The Morgan fingerprint density at radius 2 is 1.58 bits per heavy atom. The highest BCUT2D eigenvalue weighted by Gasteiger charge is 2.17. The smallest absolute Gasteiger partial charge is 0.290 e. The summed E-state index contributed by atoms with van der Waals surface area (Å²) in [6, 6.07) is 13.0. The standard InChI is InChI=1S/C23H28N10O3/c1-2-33(32-23(26)27)21(36)18-12-15-11-16(7-8-17(15)31-18)30-20(35)14-5-3-13(4-6-14)19(34)28-9-10-29-22(24)25/h3-8,11-12,31H,2,9-10H2,1H3,(H,28,34)(H,30,35)(H4,24,25,29)(H4,26,27,32). The minimum atomic E-state index is -0.395. The Balaban J connectivity index is 1.66. The molecule has 0 saturated heterocycles. The number of carbonyl (C=O) groups excluding carboxylic acids is 3. The van der Waals surface area contributed by atoms with Crippen molar-refractivity contribution in [1.29, 1.82) is 0 Å². The predicted molar refractivity (Wildman–Crippen MR) is 138 cm³/mol. The highest BCUT2D eigenvalue weighted by atomic mass is 16.2. The lowest BCUT2D eigenvalue weighted by Crippen LogP contribution is -2.32. The number of rotatable bonds is 9. The van der Waals surface area contributed by atoms with Crippen LogP contribution in [0.3, 0.4) is 0 Å². The second-order valence-corrected chi connectivity index (χ2v) is 7.62. The number of fused-ring (bicyclic) bond motifs is 1. The van der Waals surface area contributed by atoms with Gasteiger partial charge in [-0.1, -0.05) is 0 Å². The average Bonchev–Trinajstić information content (AvgIpc) is 3.28. The topological polar surface area (TPSA) is 223 Å². The normalized spacial score (nSPS) is 10.4. The molecule has 0 spiro atoms. The molecule has 1 heterocycles. The van der Waals surface area contributed by atoms with E-state index in [0.29, 0.717) is 33.4 Å². The number of aromatic amines is 1. The van der Waals surface area contributed by atoms with Crippen molar-refractivity contribution in [2.75, 3.05) is 25.0 Å². The van der Waals surface area contributed by atoms with Crippen LogP contribution in [0.2, 0.25) is 0 Å². The van der Waals surface area contributed by atoms with Gasteiger partial charge < -0.3 is 38.6 Å². The van der Waals surface area contributed by atoms with Crippen molar-refractivity contribution in [3.05, 3.63) is 65.4 Å². The molecule has 3 amide bonds. The Morgan fingerprint density at radius 3 is 2.19 bits per heavy atom. The van der Waals surface area contributed by atoms with Gasteiger partial charge in [-0.3, -0.25) is 19.4 Å².